The van der Waals surface area contributed by atoms with Crippen LogP contribution in [0.1, 0.15) is 37.5 Å². The molecule has 0 fully saturated rings. The third-order valence-corrected chi connectivity index (χ3v) is 7.36. The van der Waals surface area contributed by atoms with Gasteiger partial charge in [-0.05, 0) is 73.9 Å². The highest BCUT2D eigenvalue weighted by Crippen LogP contribution is 2.28. The number of carboxylic acids is 3. The number of hydrazine groups is 3. The quantitative estimate of drug-likeness (QED) is 0.0356. The summed E-state index contributed by atoms with van der Waals surface area (Å²) in [4.78, 5) is 32.9. The van der Waals surface area contributed by atoms with Crippen LogP contribution in [0.2, 0.25) is 0 Å². The van der Waals surface area contributed by atoms with Crippen LogP contribution in [-0.2, 0) is 52.1 Å². The van der Waals surface area contributed by atoms with E-state index in [1.54, 1.807) is 0 Å². The van der Waals surface area contributed by atoms with Crippen molar-refractivity contribution in [3.8, 4) is 34.5 Å². The van der Waals surface area contributed by atoms with Crippen molar-refractivity contribution in [2.75, 3.05) is 0 Å². The minimum atomic E-state index is -1.32. The monoisotopic (exact) mass is 838 g/mol. The Labute approximate surface area is 320 Å². The highest BCUT2D eigenvalue weighted by molar-refractivity contribution is 7.17. The second kappa shape index (κ2) is 25.7. The SMILES string of the molecule is C[C@@](Cc1ccc(O)c(O)c1)(NN)C(=O)O.C[C@@](Cc1ccc(O)c(O)c1)(NN)C(=O)O.C[C@@](Cc1ccc(O)c(O)c1)(NN)C(=O)O.O=POO.O=POO. The molecule has 0 saturated heterocycles. The molecule has 0 radical (unpaired) electrons. The Hall–Kier alpha value is -5.33. The normalized spacial score (nSPS) is 13.5. The molecule has 0 aliphatic carbocycles. The zero-order valence-electron chi connectivity index (χ0n) is 29.7. The summed E-state index contributed by atoms with van der Waals surface area (Å²) in [6.45, 7) is 4.29. The number of phenols is 6. The van der Waals surface area contributed by atoms with E-state index >= 15 is 0 Å². The maximum atomic E-state index is 11.0. The topological polar surface area (TPSA) is 440 Å². The Balaban J connectivity index is 0. The predicted octanol–water partition coefficient (Wildman–Crippen LogP) is 1.21. The molecule has 0 unspecified atom stereocenters. The molecule has 56 heavy (non-hydrogen) atoms. The summed E-state index contributed by atoms with van der Waals surface area (Å²) in [5.74, 6) is 10.6. The van der Waals surface area contributed by atoms with Crippen LogP contribution in [0.25, 0.3) is 0 Å². The van der Waals surface area contributed by atoms with Gasteiger partial charge in [-0.3, -0.25) is 31.9 Å². The first-order valence-corrected chi connectivity index (χ1v) is 16.4. The Morgan fingerprint density at radius 3 is 0.839 bits per heavy atom. The van der Waals surface area contributed by atoms with E-state index in [2.05, 4.69) is 25.6 Å². The summed E-state index contributed by atoms with van der Waals surface area (Å²) in [7, 11) is -1.39. The largest absolute Gasteiger partial charge is 0.504 e. The minimum absolute atomic E-state index is 0.0900. The maximum absolute atomic E-state index is 11.0. The van der Waals surface area contributed by atoms with Crippen molar-refractivity contribution in [1.29, 1.82) is 0 Å². The number of nitrogens with one attached hydrogen (secondary N) is 3. The smallest absolute Gasteiger partial charge is 0.358 e. The lowest BCUT2D eigenvalue weighted by atomic mass is 9.93. The van der Waals surface area contributed by atoms with Crippen molar-refractivity contribution in [2.45, 2.75) is 56.7 Å². The first-order valence-electron chi connectivity index (χ1n) is 14.9. The summed E-state index contributed by atoms with van der Waals surface area (Å²) in [5.41, 5.74) is 4.36. The third-order valence-electron chi connectivity index (χ3n) is 7.23. The van der Waals surface area contributed by atoms with Gasteiger partial charge in [0.1, 0.15) is 16.6 Å². The number of hydrogen-bond acceptors (Lipinski definition) is 21. The minimum Gasteiger partial charge on any atom is -0.504 e. The number of hydrogen-bond donors (Lipinski definition) is 17. The van der Waals surface area contributed by atoms with Gasteiger partial charge in [0.05, 0.1) is 0 Å². The van der Waals surface area contributed by atoms with Gasteiger partial charge in [-0.2, -0.15) is 0 Å². The molecule has 26 heteroatoms. The summed E-state index contributed by atoms with van der Waals surface area (Å²) in [6.07, 6.45) is 0.270. The number of phenolic OH excluding ortho intramolecular Hbond substituents is 6. The van der Waals surface area contributed by atoms with Crippen LogP contribution in [-0.4, -0.2) is 91.0 Å². The summed E-state index contributed by atoms with van der Waals surface area (Å²) in [6, 6.07) is 12.3. The Morgan fingerprint density at radius 2 is 0.714 bits per heavy atom. The van der Waals surface area contributed by atoms with E-state index in [4.69, 9.17) is 67.8 Å². The number of rotatable bonds is 14. The molecule has 24 nitrogen and oxygen atoms in total. The molecule has 3 aromatic rings. The zero-order chi connectivity index (χ0) is 43.9. The molecule has 0 amide bonds. The molecular formula is C30H44N6O18P2. The van der Waals surface area contributed by atoms with Gasteiger partial charge in [0.2, 0.25) is 0 Å². The molecule has 20 N–H and O–H groups in total. The number of aliphatic carboxylic acids is 3. The number of carbonyl (C=O) groups is 3. The van der Waals surface area contributed by atoms with Crippen molar-refractivity contribution >= 4 is 35.3 Å². The maximum Gasteiger partial charge on any atom is 0.358 e. The first kappa shape index (κ1) is 52.8. The molecule has 0 aliphatic heterocycles. The molecule has 0 heterocycles. The van der Waals surface area contributed by atoms with E-state index in [9.17, 15) is 29.7 Å². The fourth-order valence-corrected chi connectivity index (χ4v) is 3.83. The zero-order valence-corrected chi connectivity index (χ0v) is 31.5. The Morgan fingerprint density at radius 1 is 0.518 bits per heavy atom. The highest BCUT2D eigenvalue weighted by Gasteiger charge is 2.33. The lowest BCUT2D eigenvalue weighted by Gasteiger charge is -2.23. The van der Waals surface area contributed by atoms with E-state index in [0.29, 0.717) is 16.7 Å². The molecule has 3 rings (SSSR count). The fraction of sp³-hybridized carbons (Fsp3) is 0.300. The molecular weight excluding hydrogens is 794 g/mol. The van der Waals surface area contributed by atoms with Crippen LogP contribution in [0.3, 0.4) is 0 Å². The van der Waals surface area contributed by atoms with Gasteiger partial charge in [0, 0.05) is 19.3 Å². The molecule has 3 aromatic carbocycles. The summed E-state index contributed by atoms with van der Waals surface area (Å²) < 4.78 is 23.5. The molecule has 0 bridgehead atoms. The summed E-state index contributed by atoms with van der Waals surface area (Å²) in [5, 5.41) is 96.1. The summed E-state index contributed by atoms with van der Waals surface area (Å²) >= 11 is 0. The fourth-order valence-electron chi connectivity index (χ4n) is 3.83. The Kier molecular flexibility index (Phi) is 24.2. The molecule has 0 saturated carbocycles. The van der Waals surface area contributed by atoms with Crippen molar-refractivity contribution in [2.24, 2.45) is 17.5 Å². The van der Waals surface area contributed by atoms with E-state index in [0.717, 1.165) is 0 Å². The predicted molar refractivity (Wildman–Crippen MR) is 193 cm³/mol. The van der Waals surface area contributed by atoms with E-state index in [1.807, 2.05) is 0 Å². The van der Waals surface area contributed by atoms with Crippen molar-refractivity contribution < 1.29 is 89.3 Å². The number of carboxylic acid groups (broad SMARTS) is 3. The lowest BCUT2D eigenvalue weighted by molar-refractivity contribution is -0.145. The van der Waals surface area contributed by atoms with Gasteiger partial charge < -0.3 is 46.0 Å². The van der Waals surface area contributed by atoms with Gasteiger partial charge in [0.15, 0.2) is 34.5 Å². The van der Waals surface area contributed by atoms with Gasteiger partial charge in [-0.25, -0.2) is 35.9 Å². The van der Waals surface area contributed by atoms with Crippen LogP contribution in [0.15, 0.2) is 54.6 Å². The second-order valence-electron chi connectivity index (χ2n) is 11.7. The van der Waals surface area contributed by atoms with Crippen LogP contribution < -0.4 is 33.8 Å². The number of benzene rings is 3. The average molecular weight is 839 g/mol. The van der Waals surface area contributed by atoms with Gasteiger partial charge >= 0.3 is 35.3 Å². The number of nitrogens with two attached hydrogens (primary N) is 3. The van der Waals surface area contributed by atoms with E-state index in [1.165, 1.54) is 75.4 Å². The molecule has 3 atom stereocenters. The van der Waals surface area contributed by atoms with E-state index in [-0.39, 0.29) is 53.8 Å². The third kappa shape index (κ3) is 18.3. The Bertz CT molecular complexity index is 1550. The van der Waals surface area contributed by atoms with Crippen LogP contribution in [0.4, 0.5) is 0 Å². The van der Waals surface area contributed by atoms with Crippen molar-refractivity contribution in [1.82, 2.24) is 16.3 Å². The van der Waals surface area contributed by atoms with E-state index < -0.39 is 51.9 Å². The van der Waals surface area contributed by atoms with Crippen LogP contribution in [0, 0.1) is 0 Å². The first-order chi connectivity index (χ1) is 26.0. The molecule has 312 valence electrons. The number of aromatic hydroxyl groups is 6. The van der Waals surface area contributed by atoms with Crippen molar-refractivity contribution in [3.05, 3.63) is 71.3 Å². The highest BCUT2D eigenvalue weighted by atomic mass is 31.1. The van der Waals surface area contributed by atoms with Gasteiger partial charge in [-0.1, -0.05) is 18.2 Å². The lowest BCUT2D eigenvalue weighted by Crippen LogP contribution is -2.54. The van der Waals surface area contributed by atoms with Crippen LogP contribution in [0.5, 0.6) is 34.5 Å². The molecule has 0 aliphatic rings. The van der Waals surface area contributed by atoms with Gasteiger partial charge in [-0.15, -0.1) is 9.35 Å². The second-order valence-corrected chi connectivity index (χ2v) is 12.3. The average Bonchev–Trinajstić information content (AvgIpc) is 3.16. The molecule has 0 aromatic heterocycles. The van der Waals surface area contributed by atoms with Crippen LogP contribution >= 0.6 is 17.4 Å². The van der Waals surface area contributed by atoms with Gasteiger partial charge in [0.25, 0.3) is 0 Å². The standard InChI is InChI=1S/3C10H14N2O4.2HO3P/c3*1-10(12-11,9(15)16)5-6-2-3-7(13)8(14)4-6;2*1-3-4-2/h3*2-4,12-14H,5,11H2,1H3,(H,15,16);2*1H/t3*10-;;/m000../s1. The van der Waals surface area contributed by atoms with Crippen molar-refractivity contribution in [3.63, 3.8) is 0 Å². The molecule has 0 spiro atoms.